The molecule has 0 spiro atoms. The molecule has 0 aromatic heterocycles. The summed E-state index contributed by atoms with van der Waals surface area (Å²) in [5.74, 6) is -1.07. The number of carbonyl (C=O) groups is 2. The molecule has 1 N–H and O–H groups in total. The van der Waals surface area contributed by atoms with Crippen molar-refractivity contribution in [3.05, 3.63) is 131 Å². The zero-order chi connectivity index (χ0) is 34.2. The molecule has 47 heavy (non-hydrogen) atoms. The first-order valence-electron chi connectivity index (χ1n) is 15.2. The van der Waals surface area contributed by atoms with E-state index in [4.69, 9.17) is 0 Å². The third kappa shape index (κ3) is 9.22. The van der Waals surface area contributed by atoms with Crippen LogP contribution in [0.3, 0.4) is 0 Å². The van der Waals surface area contributed by atoms with E-state index >= 15 is 0 Å². The molecule has 4 aromatic rings. The zero-order valence-electron chi connectivity index (χ0n) is 26.4. The molecule has 0 fully saturated rings. The molecule has 11 heteroatoms. The molecule has 7 nitrogen and oxygen atoms in total. The number of hydrogen-bond donors (Lipinski definition) is 1. The average Bonchev–Trinajstić information content (AvgIpc) is 3.05. The highest BCUT2D eigenvalue weighted by atomic mass is 32.2. The molecule has 1 atom stereocenters. The molecule has 0 saturated carbocycles. The fourth-order valence-corrected chi connectivity index (χ4v) is 6.46. The summed E-state index contributed by atoms with van der Waals surface area (Å²) in [5.41, 5.74) is 0.941. The average molecular weight is 666 g/mol. The Balaban J connectivity index is 1.84. The van der Waals surface area contributed by atoms with Gasteiger partial charge in [0, 0.05) is 19.5 Å². The van der Waals surface area contributed by atoms with Crippen molar-refractivity contribution in [1.82, 2.24) is 10.2 Å². The normalized spacial score (nSPS) is 12.4. The minimum absolute atomic E-state index is 0.0417. The number of halogens is 3. The summed E-state index contributed by atoms with van der Waals surface area (Å²) in [4.78, 5) is 29.5. The number of rotatable bonds is 13. The lowest BCUT2D eigenvalue weighted by Gasteiger charge is -2.34. The van der Waals surface area contributed by atoms with Gasteiger partial charge in [0.1, 0.15) is 12.6 Å². The van der Waals surface area contributed by atoms with Gasteiger partial charge in [-0.05, 0) is 59.9 Å². The Morgan fingerprint density at radius 2 is 1.45 bits per heavy atom. The number of carbonyl (C=O) groups excluding carboxylic acids is 2. The van der Waals surface area contributed by atoms with Crippen LogP contribution in [0.4, 0.5) is 18.9 Å². The summed E-state index contributed by atoms with van der Waals surface area (Å²) in [6, 6.07) is 26.4. The monoisotopic (exact) mass is 665 g/mol. The molecule has 0 unspecified atom stereocenters. The van der Waals surface area contributed by atoms with Crippen molar-refractivity contribution in [1.29, 1.82) is 0 Å². The smallest absolute Gasteiger partial charge is 0.354 e. The minimum atomic E-state index is -4.76. The summed E-state index contributed by atoms with van der Waals surface area (Å²) >= 11 is 0. The lowest BCUT2D eigenvalue weighted by molar-refractivity contribution is -0.140. The quantitative estimate of drug-likeness (QED) is 0.174. The lowest BCUT2D eigenvalue weighted by atomic mass is 10.0. The van der Waals surface area contributed by atoms with Crippen molar-refractivity contribution in [2.45, 2.75) is 50.9 Å². The van der Waals surface area contributed by atoms with E-state index in [0.717, 1.165) is 28.8 Å². The second-order valence-electron chi connectivity index (χ2n) is 11.7. The van der Waals surface area contributed by atoms with E-state index in [-0.39, 0.29) is 29.5 Å². The predicted octanol–water partition coefficient (Wildman–Crippen LogP) is 6.62. The molecule has 0 aliphatic carbocycles. The van der Waals surface area contributed by atoms with E-state index < -0.39 is 46.2 Å². The molecular formula is C36H38F3N3O4S. The van der Waals surface area contributed by atoms with Crippen LogP contribution in [0.5, 0.6) is 0 Å². The third-order valence-electron chi connectivity index (χ3n) is 7.63. The number of alkyl halides is 3. The SMILES string of the molecule is Cc1ccccc1CN(C(=O)CN(c1cccc(C(F)(F)F)c1)S(=O)(=O)c1ccccc1)[C@@H](Cc1ccccc1)C(=O)NCC(C)C. The summed E-state index contributed by atoms with van der Waals surface area (Å²) in [6.07, 6.45) is -4.63. The number of anilines is 1. The van der Waals surface area contributed by atoms with Crippen LogP contribution in [0.25, 0.3) is 0 Å². The van der Waals surface area contributed by atoms with Gasteiger partial charge in [-0.2, -0.15) is 13.2 Å². The summed E-state index contributed by atoms with van der Waals surface area (Å²) < 4.78 is 70.0. The van der Waals surface area contributed by atoms with Crippen molar-refractivity contribution < 1.29 is 31.2 Å². The first kappa shape index (κ1) is 35.2. The number of amides is 2. The van der Waals surface area contributed by atoms with Gasteiger partial charge in [0.2, 0.25) is 11.8 Å². The standard InChI is InChI=1S/C36H38F3N3O4S/c1-26(2)23-40-35(44)33(21-28-14-6-4-7-15-28)41(24-29-16-11-10-13-27(29)3)34(43)25-42(47(45,46)32-19-8-5-9-20-32)31-18-12-17-30(22-31)36(37,38)39/h4-20,22,26,33H,21,23-25H2,1-3H3,(H,40,44)/t33-/m0/s1. The van der Waals surface area contributed by atoms with E-state index in [9.17, 15) is 31.2 Å². The van der Waals surface area contributed by atoms with Gasteiger partial charge in [-0.1, -0.05) is 92.7 Å². The van der Waals surface area contributed by atoms with Gasteiger partial charge in [-0.3, -0.25) is 13.9 Å². The Bertz CT molecular complexity index is 1770. The van der Waals surface area contributed by atoms with Crippen molar-refractivity contribution in [3.63, 3.8) is 0 Å². The van der Waals surface area contributed by atoms with E-state index in [2.05, 4.69) is 5.32 Å². The molecule has 0 saturated heterocycles. The molecule has 4 aromatic carbocycles. The summed E-state index contributed by atoms with van der Waals surface area (Å²) in [7, 11) is -4.53. The van der Waals surface area contributed by atoms with E-state index in [1.807, 2.05) is 69.3 Å². The molecule has 0 aliphatic heterocycles. The molecule has 4 rings (SSSR count). The van der Waals surface area contributed by atoms with Gasteiger partial charge < -0.3 is 10.2 Å². The van der Waals surface area contributed by atoms with Crippen LogP contribution in [-0.2, 0) is 38.8 Å². The van der Waals surface area contributed by atoms with Crippen LogP contribution in [0.2, 0.25) is 0 Å². The van der Waals surface area contributed by atoms with Crippen molar-refractivity contribution in [3.8, 4) is 0 Å². The number of nitrogens with zero attached hydrogens (tertiary/aromatic N) is 2. The van der Waals surface area contributed by atoms with Gasteiger partial charge in [-0.15, -0.1) is 0 Å². The van der Waals surface area contributed by atoms with Gasteiger partial charge in [0.15, 0.2) is 0 Å². The fraction of sp³-hybridized carbons (Fsp3) is 0.278. The molecule has 0 radical (unpaired) electrons. The van der Waals surface area contributed by atoms with Crippen LogP contribution < -0.4 is 9.62 Å². The zero-order valence-corrected chi connectivity index (χ0v) is 27.3. The van der Waals surface area contributed by atoms with Gasteiger partial charge in [-0.25, -0.2) is 8.42 Å². The van der Waals surface area contributed by atoms with Crippen LogP contribution >= 0.6 is 0 Å². The number of nitrogens with one attached hydrogen (secondary N) is 1. The third-order valence-corrected chi connectivity index (χ3v) is 9.42. The fourth-order valence-electron chi connectivity index (χ4n) is 5.03. The van der Waals surface area contributed by atoms with Crippen LogP contribution in [0, 0.1) is 12.8 Å². The Morgan fingerprint density at radius 3 is 2.06 bits per heavy atom. The van der Waals surface area contributed by atoms with Gasteiger partial charge in [0.05, 0.1) is 16.1 Å². The topological polar surface area (TPSA) is 86.8 Å². The maximum atomic E-state index is 14.5. The number of aryl methyl sites for hydroxylation is 1. The maximum absolute atomic E-state index is 14.5. The molecule has 248 valence electrons. The van der Waals surface area contributed by atoms with E-state index in [0.29, 0.717) is 16.9 Å². The van der Waals surface area contributed by atoms with Crippen LogP contribution in [0.1, 0.15) is 36.1 Å². The largest absolute Gasteiger partial charge is 0.416 e. The van der Waals surface area contributed by atoms with Gasteiger partial charge >= 0.3 is 6.18 Å². The Labute approximate surface area is 274 Å². The first-order valence-corrected chi connectivity index (χ1v) is 16.6. The molecule has 0 aliphatic rings. The Kier molecular flexibility index (Phi) is 11.5. The second-order valence-corrected chi connectivity index (χ2v) is 13.5. The number of hydrogen-bond acceptors (Lipinski definition) is 4. The first-order chi connectivity index (χ1) is 22.3. The second kappa shape index (κ2) is 15.3. The lowest BCUT2D eigenvalue weighted by Crippen LogP contribution is -2.53. The molecule has 2 amide bonds. The van der Waals surface area contributed by atoms with Crippen molar-refractivity contribution in [2.75, 3.05) is 17.4 Å². The minimum Gasteiger partial charge on any atom is -0.354 e. The number of sulfonamides is 1. The molecular weight excluding hydrogens is 627 g/mol. The predicted molar refractivity (Wildman–Crippen MR) is 176 cm³/mol. The van der Waals surface area contributed by atoms with Crippen molar-refractivity contribution >= 4 is 27.5 Å². The van der Waals surface area contributed by atoms with Crippen molar-refractivity contribution in [2.24, 2.45) is 5.92 Å². The van der Waals surface area contributed by atoms with E-state index in [1.165, 1.54) is 35.2 Å². The highest BCUT2D eigenvalue weighted by Gasteiger charge is 2.36. The van der Waals surface area contributed by atoms with Crippen LogP contribution in [-0.4, -0.2) is 44.3 Å². The Morgan fingerprint density at radius 1 is 0.830 bits per heavy atom. The maximum Gasteiger partial charge on any atom is 0.416 e. The molecule has 0 heterocycles. The highest BCUT2D eigenvalue weighted by molar-refractivity contribution is 7.92. The highest BCUT2D eigenvalue weighted by Crippen LogP contribution is 2.33. The van der Waals surface area contributed by atoms with Crippen LogP contribution in [0.15, 0.2) is 114 Å². The summed E-state index contributed by atoms with van der Waals surface area (Å²) in [6.45, 7) is 5.18. The molecule has 0 bridgehead atoms. The van der Waals surface area contributed by atoms with Gasteiger partial charge in [0.25, 0.3) is 10.0 Å². The summed E-state index contributed by atoms with van der Waals surface area (Å²) in [5, 5.41) is 2.91. The van der Waals surface area contributed by atoms with E-state index in [1.54, 1.807) is 12.1 Å². The Hall–Kier alpha value is -4.64. The number of benzene rings is 4.